The molecule has 1 N–H and O–H groups in total. The van der Waals surface area contributed by atoms with Crippen LogP contribution in [0.1, 0.15) is 16.8 Å². The minimum atomic E-state index is 0.806. The van der Waals surface area contributed by atoms with Crippen LogP contribution in [0.3, 0.4) is 0 Å². The van der Waals surface area contributed by atoms with Gasteiger partial charge in [-0.1, -0.05) is 13.0 Å². The Morgan fingerprint density at radius 2 is 2.25 bits per heavy atom. The molecule has 0 saturated heterocycles. The topological polar surface area (TPSA) is 42.7 Å². The summed E-state index contributed by atoms with van der Waals surface area (Å²) < 4.78 is 1.85. The van der Waals surface area contributed by atoms with Crippen LogP contribution in [0.25, 0.3) is 5.69 Å². The molecule has 20 heavy (non-hydrogen) atoms. The summed E-state index contributed by atoms with van der Waals surface area (Å²) in [6.07, 6.45) is 6.67. The highest BCUT2D eigenvalue weighted by molar-refractivity contribution is 7.11. The Morgan fingerprint density at radius 3 is 3.00 bits per heavy atom. The molecule has 0 bridgehead atoms. The molecule has 0 atom stereocenters. The SMILES string of the molecule is CCc1ncc(CNc2cccc(-n3cccn3)c2)s1. The van der Waals surface area contributed by atoms with Gasteiger partial charge in [0.15, 0.2) is 0 Å². The van der Waals surface area contributed by atoms with Gasteiger partial charge < -0.3 is 5.32 Å². The number of nitrogens with one attached hydrogen (secondary N) is 1. The summed E-state index contributed by atoms with van der Waals surface area (Å²) in [5.41, 5.74) is 2.14. The smallest absolute Gasteiger partial charge is 0.0925 e. The Kier molecular flexibility index (Phi) is 3.78. The molecule has 0 aliphatic carbocycles. The third kappa shape index (κ3) is 2.88. The van der Waals surface area contributed by atoms with Crippen molar-refractivity contribution in [3.8, 4) is 5.69 Å². The Morgan fingerprint density at radius 1 is 1.30 bits per heavy atom. The number of anilines is 1. The van der Waals surface area contributed by atoms with Crippen molar-refractivity contribution in [2.45, 2.75) is 19.9 Å². The molecule has 102 valence electrons. The highest BCUT2D eigenvalue weighted by atomic mass is 32.1. The maximum atomic E-state index is 4.37. The molecule has 3 rings (SSSR count). The average Bonchev–Trinajstić information content (AvgIpc) is 3.17. The maximum Gasteiger partial charge on any atom is 0.0925 e. The number of hydrogen-bond donors (Lipinski definition) is 1. The van der Waals surface area contributed by atoms with Gasteiger partial charge in [-0.2, -0.15) is 5.10 Å². The highest BCUT2D eigenvalue weighted by Gasteiger charge is 2.01. The Balaban J connectivity index is 1.70. The molecule has 2 heterocycles. The van der Waals surface area contributed by atoms with E-state index < -0.39 is 0 Å². The van der Waals surface area contributed by atoms with Gasteiger partial charge in [0.1, 0.15) is 0 Å². The van der Waals surface area contributed by atoms with Crippen LogP contribution in [-0.2, 0) is 13.0 Å². The summed E-state index contributed by atoms with van der Waals surface area (Å²) >= 11 is 1.76. The zero-order chi connectivity index (χ0) is 13.8. The van der Waals surface area contributed by atoms with E-state index in [-0.39, 0.29) is 0 Å². The van der Waals surface area contributed by atoms with Crippen LogP contribution in [0.15, 0.2) is 48.9 Å². The van der Waals surface area contributed by atoms with Crippen LogP contribution >= 0.6 is 11.3 Å². The minimum Gasteiger partial charge on any atom is -0.380 e. The van der Waals surface area contributed by atoms with Gasteiger partial charge in [0.05, 0.1) is 17.2 Å². The quantitative estimate of drug-likeness (QED) is 0.779. The summed E-state index contributed by atoms with van der Waals surface area (Å²) in [5.74, 6) is 0. The van der Waals surface area contributed by atoms with Crippen molar-refractivity contribution in [3.05, 3.63) is 58.8 Å². The second kappa shape index (κ2) is 5.88. The summed E-state index contributed by atoms with van der Waals surface area (Å²) in [6.45, 7) is 2.93. The molecule has 0 fully saturated rings. The van der Waals surface area contributed by atoms with Crippen molar-refractivity contribution in [1.82, 2.24) is 14.8 Å². The van der Waals surface area contributed by atoms with Gasteiger partial charge in [0, 0.05) is 29.2 Å². The molecule has 0 radical (unpaired) electrons. The number of aryl methyl sites for hydroxylation is 1. The van der Waals surface area contributed by atoms with Crippen molar-refractivity contribution >= 4 is 17.0 Å². The number of thiazole rings is 1. The minimum absolute atomic E-state index is 0.806. The van der Waals surface area contributed by atoms with Gasteiger partial charge in [0.25, 0.3) is 0 Å². The fourth-order valence-corrected chi connectivity index (χ4v) is 2.76. The maximum absolute atomic E-state index is 4.37. The zero-order valence-corrected chi connectivity index (χ0v) is 12.1. The van der Waals surface area contributed by atoms with E-state index in [0.29, 0.717) is 0 Å². The highest BCUT2D eigenvalue weighted by Crippen LogP contribution is 2.18. The van der Waals surface area contributed by atoms with Crippen LogP contribution in [0, 0.1) is 0 Å². The number of benzene rings is 1. The first-order valence-electron chi connectivity index (χ1n) is 6.62. The van der Waals surface area contributed by atoms with Crippen molar-refractivity contribution < 1.29 is 0 Å². The Bertz CT molecular complexity index is 673. The lowest BCUT2D eigenvalue weighted by molar-refractivity contribution is 0.880. The van der Waals surface area contributed by atoms with Crippen LogP contribution in [-0.4, -0.2) is 14.8 Å². The summed E-state index contributed by atoms with van der Waals surface area (Å²) in [6, 6.07) is 10.1. The van der Waals surface area contributed by atoms with E-state index in [1.165, 1.54) is 9.88 Å². The Hall–Kier alpha value is -2.14. The fraction of sp³-hybridized carbons (Fsp3) is 0.200. The van der Waals surface area contributed by atoms with E-state index in [9.17, 15) is 0 Å². The zero-order valence-electron chi connectivity index (χ0n) is 11.3. The third-order valence-electron chi connectivity index (χ3n) is 2.99. The van der Waals surface area contributed by atoms with Gasteiger partial charge in [-0.3, -0.25) is 0 Å². The third-order valence-corrected chi connectivity index (χ3v) is 4.13. The van der Waals surface area contributed by atoms with Crippen LogP contribution in [0.4, 0.5) is 5.69 Å². The number of aromatic nitrogens is 3. The largest absolute Gasteiger partial charge is 0.380 e. The molecule has 0 unspecified atom stereocenters. The monoisotopic (exact) mass is 284 g/mol. The predicted molar refractivity (Wildman–Crippen MR) is 82.4 cm³/mol. The van der Waals surface area contributed by atoms with Gasteiger partial charge in [-0.25, -0.2) is 9.67 Å². The number of hydrogen-bond acceptors (Lipinski definition) is 4. The molecular weight excluding hydrogens is 268 g/mol. The van der Waals surface area contributed by atoms with Crippen molar-refractivity contribution in [1.29, 1.82) is 0 Å². The van der Waals surface area contributed by atoms with Crippen molar-refractivity contribution in [2.24, 2.45) is 0 Å². The normalized spacial score (nSPS) is 10.7. The molecular formula is C15H16N4S. The first-order valence-corrected chi connectivity index (χ1v) is 7.44. The first kappa shape index (κ1) is 12.9. The molecule has 0 amide bonds. The van der Waals surface area contributed by atoms with Gasteiger partial charge in [-0.15, -0.1) is 11.3 Å². The lowest BCUT2D eigenvalue weighted by atomic mass is 10.2. The molecule has 2 aromatic heterocycles. The lowest BCUT2D eigenvalue weighted by Gasteiger charge is -2.07. The van der Waals surface area contributed by atoms with Gasteiger partial charge >= 0.3 is 0 Å². The second-order valence-electron chi connectivity index (χ2n) is 4.43. The van der Waals surface area contributed by atoms with E-state index in [1.54, 1.807) is 17.5 Å². The van der Waals surface area contributed by atoms with Crippen molar-refractivity contribution in [2.75, 3.05) is 5.32 Å². The molecule has 5 heteroatoms. The molecule has 0 aliphatic rings. The number of rotatable bonds is 5. The van der Waals surface area contributed by atoms with E-state index in [2.05, 4.69) is 34.5 Å². The van der Waals surface area contributed by atoms with Crippen LogP contribution in [0.5, 0.6) is 0 Å². The fourth-order valence-electron chi connectivity index (χ4n) is 1.96. The van der Waals surface area contributed by atoms with E-state index in [4.69, 9.17) is 0 Å². The number of nitrogens with zero attached hydrogens (tertiary/aromatic N) is 3. The first-order chi connectivity index (χ1) is 9.85. The molecule has 4 nitrogen and oxygen atoms in total. The molecule has 0 aliphatic heterocycles. The lowest BCUT2D eigenvalue weighted by Crippen LogP contribution is -1.99. The van der Waals surface area contributed by atoms with Crippen LogP contribution in [0.2, 0.25) is 0 Å². The van der Waals surface area contributed by atoms with E-state index in [0.717, 1.165) is 24.3 Å². The second-order valence-corrected chi connectivity index (χ2v) is 5.63. The van der Waals surface area contributed by atoms with Gasteiger partial charge in [0.2, 0.25) is 0 Å². The summed E-state index contributed by atoms with van der Waals surface area (Å²) in [5, 5.41) is 8.86. The van der Waals surface area contributed by atoms with E-state index >= 15 is 0 Å². The van der Waals surface area contributed by atoms with E-state index in [1.807, 2.05) is 35.3 Å². The van der Waals surface area contributed by atoms with Crippen LogP contribution < -0.4 is 5.32 Å². The summed E-state index contributed by atoms with van der Waals surface area (Å²) in [7, 11) is 0. The summed E-state index contributed by atoms with van der Waals surface area (Å²) in [4.78, 5) is 5.63. The van der Waals surface area contributed by atoms with Crippen molar-refractivity contribution in [3.63, 3.8) is 0 Å². The standard InChI is InChI=1S/C15H16N4S/c1-2-15-17-11-14(20-15)10-16-12-5-3-6-13(9-12)19-8-4-7-18-19/h3-9,11,16H,2,10H2,1H3. The molecule has 0 spiro atoms. The molecule has 1 aromatic carbocycles. The molecule has 3 aromatic rings. The molecule has 0 saturated carbocycles. The average molecular weight is 284 g/mol. The predicted octanol–water partition coefficient (Wildman–Crippen LogP) is 3.50. The van der Waals surface area contributed by atoms with Gasteiger partial charge in [-0.05, 0) is 30.7 Å². The Labute approximate surface area is 122 Å².